The lowest BCUT2D eigenvalue weighted by molar-refractivity contribution is 0.355. The summed E-state index contributed by atoms with van der Waals surface area (Å²) in [5, 5.41) is 0. The number of benzene rings is 1. The third-order valence-electron chi connectivity index (χ3n) is 3.16. The SMILES string of the molecule is COc1ccc(C=c2sc3n(c2=O)CCN=3)cc1OC. The van der Waals surface area contributed by atoms with E-state index in [4.69, 9.17) is 9.47 Å². The van der Waals surface area contributed by atoms with Gasteiger partial charge in [0.1, 0.15) is 0 Å². The van der Waals surface area contributed by atoms with Gasteiger partial charge in [-0.3, -0.25) is 14.4 Å². The van der Waals surface area contributed by atoms with E-state index in [9.17, 15) is 4.79 Å². The molecule has 0 bridgehead atoms. The zero-order valence-corrected chi connectivity index (χ0v) is 12.1. The number of hydrogen-bond donors (Lipinski definition) is 0. The summed E-state index contributed by atoms with van der Waals surface area (Å²) in [7, 11) is 3.19. The fourth-order valence-electron chi connectivity index (χ4n) is 2.16. The van der Waals surface area contributed by atoms with Gasteiger partial charge in [-0.25, -0.2) is 0 Å². The van der Waals surface area contributed by atoms with E-state index in [1.165, 1.54) is 11.3 Å². The van der Waals surface area contributed by atoms with Crippen molar-refractivity contribution in [2.24, 2.45) is 4.99 Å². The second-order valence-corrected chi connectivity index (χ2v) is 5.36. The maximum absolute atomic E-state index is 12.2. The lowest BCUT2D eigenvalue weighted by Crippen LogP contribution is -2.29. The summed E-state index contributed by atoms with van der Waals surface area (Å²) in [6.45, 7) is 1.39. The van der Waals surface area contributed by atoms with Gasteiger partial charge in [0, 0.05) is 6.54 Å². The Morgan fingerprint density at radius 3 is 2.80 bits per heavy atom. The van der Waals surface area contributed by atoms with Crippen LogP contribution < -0.4 is 24.4 Å². The van der Waals surface area contributed by atoms with Gasteiger partial charge in [0.05, 0.1) is 25.3 Å². The number of nitrogens with zero attached hydrogens (tertiary/aromatic N) is 2. The average molecular weight is 290 g/mol. The Bertz CT molecular complexity index is 820. The topological polar surface area (TPSA) is 52.8 Å². The molecule has 20 heavy (non-hydrogen) atoms. The summed E-state index contributed by atoms with van der Waals surface area (Å²) in [5.74, 6) is 1.32. The molecule has 1 aromatic carbocycles. The third-order valence-corrected chi connectivity index (χ3v) is 4.21. The summed E-state index contributed by atoms with van der Waals surface area (Å²) >= 11 is 1.42. The van der Waals surface area contributed by atoms with Crippen molar-refractivity contribution < 1.29 is 9.47 Å². The molecule has 0 aliphatic carbocycles. The van der Waals surface area contributed by atoms with Crippen molar-refractivity contribution >= 4 is 17.4 Å². The summed E-state index contributed by atoms with van der Waals surface area (Å²) in [5.41, 5.74) is 0.932. The molecule has 3 rings (SSSR count). The molecule has 0 radical (unpaired) electrons. The van der Waals surface area contributed by atoms with Gasteiger partial charge < -0.3 is 9.47 Å². The van der Waals surface area contributed by atoms with Crippen molar-refractivity contribution in [2.75, 3.05) is 20.8 Å². The molecule has 0 N–H and O–H groups in total. The van der Waals surface area contributed by atoms with E-state index < -0.39 is 0 Å². The van der Waals surface area contributed by atoms with E-state index in [0.29, 0.717) is 29.1 Å². The van der Waals surface area contributed by atoms with E-state index in [1.54, 1.807) is 18.8 Å². The van der Waals surface area contributed by atoms with Gasteiger partial charge in [-0.2, -0.15) is 0 Å². The molecular formula is C14H14N2O3S. The predicted octanol–water partition coefficient (Wildman–Crippen LogP) is 0.389. The van der Waals surface area contributed by atoms with E-state index in [2.05, 4.69) is 4.99 Å². The van der Waals surface area contributed by atoms with Gasteiger partial charge in [-0.05, 0) is 23.8 Å². The van der Waals surface area contributed by atoms with Crippen molar-refractivity contribution in [1.82, 2.24) is 4.57 Å². The number of hydrogen-bond acceptors (Lipinski definition) is 5. The van der Waals surface area contributed by atoms with Crippen molar-refractivity contribution in [2.45, 2.75) is 6.54 Å². The monoisotopic (exact) mass is 290 g/mol. The second-order valence-electron chi connectivity index (χ2n) is 4.35. The van der Waals surface area contributed by atoms with Crippen molar-refractivity contribution in [3.63, 3.8) is 0 Å². The van der Waals surface area contributed by atoms with Crippen LogP contribution in [0.5, 0.6) is 11.5 Å². The first-order chi connectivity index (χ1) is 9.72. The van der Waals surface area contributed by atoms with Crippen molar-refractivity contribution in [3.8, 4) is 11.5 Å². The van der Waals surface area contributed by atoms with Crippen LogP contribution in [0.25, 0.3) is 6.08 Å². The molecule has 0 unspecified atom stereocenters. The molecule has 1 aliphatic rings. The maximum atomic E-state index is 12.2. The zero-order valence-electron chi connectivity index (χ0n) is 11.3. The van der Waals surface area contributed by atoms with Crippen LogP contribution in [0, 0.1) is 0 Å². The van der Waals surface area contributed by atoms with Crippen LogP contribution in [0.15, 0.2) is 28.0 Å². The molecule has 2 heterocycles. The first-order valence-corrected chi connectivity index (χ1v) is 7.02. The van der Waals surface area contributed by atoms with Crippen LogP contribution in [0.3, 0.4) is 0 Å². The molecule has 5 nitrogen and oxygen atoms in total. The fraction of sp³-hybridized carbons (Fsp3) is 0.286. The predicted molar refractivity (Wildman–Crippen MR) is 77.3 cm³/mol. The van der Waals surface area contributed by atoms with Crippen LogP contribution in [0.2, 0.25) is 0 Å². The summed E-state index contributed by atoms with van der Waals surface area (Å²) in [6.07, 6.45) is 1.86. The van der Waals surface area contributed by atoms with Crippen LogP contribution in [0.4, 0.5) is 0 Å². The minimum absolute atomic E-state index is 0.0287. The van der Waals surface area contributed by atoms with E-state index in [-0.39, 0.29) is 5.56 Å². The number of thiazole rings is 1. The average Bonchev–Trinajstić information content (AvgIpc) is 3.03. The highest BCUT2D eigenvalue weighted by atomic mass is 32.1. The Morgan fingerprint density at radius 1 is 1.30 bits per heavy atom. The van der Waals surface area contributed by atoms with Gasteiger partial charge in [-0.15, -0.1) is 0 Å². The molecule has 2 aromatic rings. The number of rotatable bonds is 3. The summed E-state index contributed by atoms with van der Waals surface area (Å²) < 4.78 is 12.9. The number of methoxy groups -OCH3 is 2. The molecule has 0 fully saturated rings. The van der Waals surface area contributed by atoms with Gasteiger partial charge in [0.2, 0.25) is 0 Å². The highest BCUT2D eigenvalue weighted by Gasteiger charge is 2.10. The third kappa shape index (κ3) is 2.12. The summed E-state index contributed by atoms with van der Waals surface area (Å²) in [6, 6.07) is 5.58. The Balaban J connectivity index is 2.11. The molecular weight excluding hydrogens is 276 g/mol. The quantitative estimate of drug-likeness (QED) is 0.821. The lowest BCUT2D eigenvalue weighted by Gasteiger charge is -2.07. The Labute approximate surface area is 119 Å². The molecule has 1 aliphatic heterocycles. The van der Waals surface area contributed by atoms with Crippen molar-refractivity contribution in [3.05, 3.63) is 43.5 Å². The molecule has 0 saturated carbocycles. The van der Waals surface area contributed by atoms with Crippen LogP contribution in [-0.4, -0.2) is 25.3 Å². The molecule has 0 spiro atoms. The van der Waals surface area contributed by atoms with E-state index in [1.807, 2.05) is 24.3 Å². The molecule has 1 aromatic heterocycles. The second kappa shape index (κ2) is 5.13. The Morgan fingerprint density at radius 2 is 2.10 bits per heavy atom. The largest absolute Gasteiger partial charge is 0.493 e. The first kappa shape index (κ1) is 12.9. The van der Waals surface area contributed by atoms with Gasteiger partial charge >= 0.3 is 0 Å². The highest BCUT2D eigenvalue weighted by molar-refractivity contribution is 7.07. The fourth-order valence-corrected chi connectivity index (χ4v) is 3.19. The van der Waals surface area contributed by atoms with Crippen LogP contribution in [0.1, 0.15) is 5.56 Å². The van der Waals surface area contributed by atoms with Crippen molar-refractivity contribution in [1.29, 1.82) is 0 Å². The number of ether oxygens (including phenoxy) is 2. The van der Waals surface area contributed by atoms with Gasteiger partial charge in [0.25, 0.3) is 5.56 Å². The number of aromatic nitrogens is 1. The zero-order chi connectivity index (χ0) is 14.1. The maximum Gasteiger partial charge on any atom is 0.270 e. The normalized spacial score (nSPS) is 14.0. The molecule has 0 saturated heterocycles. The lowest BCUT2D eigenvalue weighted by atomic mass is 10.2. The standard InChI is InChI=1S/C14H14N2O3S/c1-18-10-4-3-9(7-11(10)19-2)8-12-13(17)16-6-5-15-14(16)20-12/h3-4,7-8H,5-6H2,1-2H3. The Hall–Kier alpha value is -2.08. The van der Waals surface area contributed by atoms with Gasteiger partial charge in [-0.1, -0.05) is 17.4 Å². The minimum Gasteiger partial charge on any atom is -0.493 e. The van der Waals surface area contributed by atoms with Gasteiger partial charge in [0.15, 0.2) is 16.3 Å². The number of fused-ring (bicyclic) bond motifs is 1. The Kier molecular flexibility index (Phi) is 3.31. The summed E-state index contributed by atoms with van der Waals surface area (Å²) in [4.78, 5) is 17.3. The smallest absolute Gasteiger partial charge is 0.270 e. The molecule has 0 amide bonds. The first-order valence-electron chi connectivity index (χ1n) is 6.21. The molecule has 0 atom stereocenters. The molecule has 6 heteroatoms. The van der Waals surface area contributed by atoms with E-state index in [0.717, 1.165) is 10.4 Å². The van der Waals surface area contributed by atoms with Crippen LogP contribution in [-0.2, 0) is 6.54 Å². The van der Waals surface area contributed by atoms with E-state index >= 15 is 0 Å². The minimum atomic E-state index is 0.0287. The highest BCUT2D eigenvalue weighted by Crippen LogP contribution is 2.27. The molecule has 104 valence electrons. The van der Waals surface area contributed by atoms with Crippen LogP contribution >= 0.6 is 11.3 Å².